The Bertz CT molecular complexity index is 1430. The van der Waals surface area contributed by atoms with Crippen LogP contribution in [-0.4, -0.2) is 69.9 Å². The molecule has 1 saturated heterocycles. The van der Waals surface area contributed by atoms with Crippen LogP contribution in [0.25, 0.3) is 0 Å². The van der Waals surface area contributed by atoms with Crippen LogP contribution >= 0.6 is 0 Å². The molecule has 3 heterocycles. The summed E-state index contributed by atoms with van der Waals surface area (Å²) in [6.07, 6.45) is 3.75. The van der Waals surface area contributed by atoms with E-state index in [9.17, 15) is 19.2 Å². The van der Waals surface area contributed by atoms with Crippen molar-refractivity contribution in [2.75, 3.05) is 30.3 Å². The lowest BCUT2D eigenvalue weighted by Crippen LogP contribution is -2.56. The second-order valence-corrected chi connectivity index (χ2v) is 13.7. The van der Waals surface area contributed by atoms with E-state index in [1.165, 1.54) is 0 Å². The Labute approximate surface area is 247 Å². The quantitative estimate of drug-likeness (QED) is 0.561. The zero-order valence-corrected chi connectivity index (χ0v) is 25.4. The van der Waals surface area contributed by atoms with Gasteiger partial charge in [-0.25, -0.2) is 9.78 Å². The Morgan fingerprint density at radius 2 is 1.86 bits per heavy atom. The van der Waals surface area contributed by atoms with Crippen LogP contribution < -0.4 is 10.6 Å². The van der Waals surface area contributed by atoms with Crippen molar-refractivity contribution in [3.05, 3.63) is 53.2 Å². The summed E-state index contributed by atoms with van der Waals surface area (Å²) < 4.78 is 5.57. The van der Waals surface area contributed by atoms with Crippen LogP contribution in [0.3, 0.4) is 0 Å². The molecule has 2 aromatic rings. The molecule has 0 saturated carbocycles. The second-order valence-electron chi connectivity index (χ2n) is 13.7. The normalized spacial score (nSPS) is 21.4. The molecule has 2 unspecified atom stereocenters. The van der Waals surface area contributed by atoms with Crippen molar-refractivity contribution in [1.29, 1.82) is 0 Å². The lowest BCUT2D eigenvalue weighted by atomic mass is 9.79. The minimum absolute atomic E-state index is 0.0535. The molecule has 1 spiro atoms. The van der Waals surface area contributed by atoms with Gasteiger partial charge in [0.15, 0.2) is 0 Å². The van der Waals surface area contributed by atoms with Crippen molar-refractivity contribution in [3.8, 4) is 0 Å². The van der Waals surface area contributed by atoms with Crippen molar-refractivity contribution >= 4 is 35.3 Å². The minimum Gasteiger partial charge on any atom is -0.444 e. The highest BCUT2D eigenvalue weighted by Gasteiger charge is 2.51. The number of anilines is 2. The Hall–Kier alpha value is -3.95. The molecule has 2 N–H and O–H groups in total. The van der Waals surface area contributed by atoms with Gasteiger partial charge in [-0.15, -0.1) is 0 Å². The fraction of sp³-hybridized carbons (Fsp3) is 0.531. The van der Waals surface area contributed by atoms with Crippen LogP contribution in [0.4, 0.5) is 16.3 Å². The van der Waals surface area contributed by atoms with Gasteiger partial charge in [0.1, 0.15) is 18.0 Å². The summed E-state index contributed by atoms with van der Waals surface area (Å²) in [5.41, 5.74) is 1.57. The van der Waals surface area contributed by atoms with E-state index in [1.807, 2.05) is 71.9 Å². The number of benzene rings is 1. The summed E-state index contributed by atoms with van der Waals surface area (Å²) in [5, 5.41) is 5.89. The third-order valence-corrected chi connectivity index (χ3v) is 8.17. The minimum atomic E-state index is -0.705. The Morgan fingerprint density at radius 3 is 2.57 bits per heavy atom. The maximum absolute atomic E-state index is 13.6. The molecule has 0 bridgehead atoms. The Kier molecular flexibility index (Phi) is 7.53. The van der Waals surface area contributed by atoms with Crippen LogP contribution in [0, 0.1) is 5.41 Å². The highest BCUT2D eigenvalue weighted by Crippen LogP contribution is 2.47. The van der Waals surface area contributed by atoms with Crippen molar-refractivity contribution in [3.63, 3.8) is 0 Å². The molecular formula is C32H41N5O5. The van der Waals surface area contributed by atoms with E-state index in [-0.39, 0.29) is 30.3 Å². The molecule has 2 atom stereocenters. The number of hydrogen-bond acceptors (Lipinski definition) is 6. The van der Waals surface area contributed by atoms with Crippen molar-refractivity contribution in [2.45, 2.75) is 84.3 Å². The van der Waals surface area contributed by atoms with Crippen LogP contribution in [0.2, 0.25) is 0 Å². The predicted molar refractivity (Wildman–Crippen MR) is 159 cm³/mol. The number of ether oxygens (including phenoxy) is 1. The first kappa shape index (κ1) is 29.5. The molecule has 1 aliphatic carbocycles. The number of pyridine rings is 1. The average Bonchev–Trinajstić information content (AvgIpc) is 3.42. The van der Waals surface area contributed by atoms with Crippen molar-refractivity contribution in [2.24, 2.45) is 5.41 Å². The molecule has 1 aromatic heterocycles. The molecule has 224 valence electrons. The molecule has 1 fully saturated rings. The Morgan fingerprint density at radius 1 is 1.12 bits per heavy atom. The van der Waals surface area contributed by atoms with E-state index in [4.69, 9.17) is 4.74 Å². The highest BCUT2D eigenvalue weighted by molar-refractivity contribution is 6.06. The number of aromatic nitrogens is 1. The number of nitrogens with zero attached hydrogens (tertiary/aromatic N) is 3. The van der Waals surface area contributed by atoms with Crippen LogP contribution in [-0.2, 0) is 37.4 Å². The number of carbonyl (C=O) groups is 4. The zero-order chi connectivity index (χ0) is 30.4. The fourth-order valence-electron chi connectivity index (χ4n) is 6.20. The van der Waals surface area contributed by atoms with Gasteiger partial charge >= 0.3 is 6.09 Å². The standard InChI is InChI=1S/C32H41N5O5/c1-30(2,3)28(40)37(23-9-8-14-36(18-23)29(41)42-31(4,5)6)19-25(38)34-22-12-11-20-16-32(17-21(20)15-22)24-10-7-13-33-26(24)35-27(32)39/h7,10-13,15,23H,8-9,14,16-19H2,1-6H3,(H,34,38)(H,33,35,39). The molecule has 2 aliphatic heterocycles. The molecule has 3 aliphatic rings. The first-order valence-corrected chi connectivity index (χ1v) is 14.6. The summed E-state index contributed by atoms with van der Waals surface area (Å²) in [5.74, 6) is 0.0922. The summed E-state index contributed by atoms with van der Waals surface area (Å²) in [6, 6.07) is 9.21. The summed E-state index contributed by atoms with van der Waals surface area (Å²) >= 11 is 0. The van der Waals surface area contributed by atoms with Gasteiger partial charge in [-0.05, 0) is 75.8 Å². The number of carbonyl (C=O) groups excluding carboxylic acids is 4. The van der Waals surface area contributed by atoms with Gasteiger partial charge in [0.2, 0.25) is 17.7 Å². The van der Waals surface area contributed by atoms with Gasteiger partial charge in [-0.1, -0.05) is 32.9 Å². The lowest BCUT2D eigenvalue weighted by Gasteiger charge is -2.41. The fourth-order valence-corrected chi connectivity index (χ4v) is 6.20. The van der Waals surface area contributed by atoms with Gasteiger partial charge in [-0.2, -0.15) is 0 Å². The number of piperidine rings is 1. The highest BCUT2D eigenvalue weighted by atomic mass is 16.6. The molecule has 10 heteroatoms. The number of amides is 4. The number of rotatable bonds is 4. The average molecular weight is 576 g/mol. The molecular weight excluding hydrogens is 534 g/mol. The molecule has 10 nitrogen and oxygen atoms in total. The SMILES string of the molecule is CC(C)(C)OC(=O)N1CCCC(N(CC(=O)Nc2ccc3c(c2)CC2(C3)C(=O)Nc3ncccc32)C(=O)C(C)(C)C)C1. The summed E-state index contributed by atoms with van der Waals surface area (Å²) in [6.45, 7) is 11.7. The summed E-state index contributed by atoms with van der Waals surface area (Å²) in [4.78, 5) is 60.3. The largest absolute Gasteiger partial charge is 0.444 e. The van der Waals surface area contributed by atoms with Crippen molar-refractivity contribution in [1.82, 2.24) is 14.8 Å². The molecule has 0 radical (unpaired) electrons. The third-order valence-electron chi connectivity index (χ3n) is 8.17. The van der Waals surface area contributed by atoms with E-state index < -0.39 is 22.5 Å². The van der Waals surface area contributed by atoms with Gasteiger partial charge in [0, 0.05) is 36.0 Å². The van der Waals surface area contributed by atoms with E-state index in [0.717, 1.165) is 16.7 Å². The lowest BCUT2D eigenvalue weighted by molar-refractivity contribution is -0.145. The maximum atomic E-state index is 13.6. The van der Waals surface area contributed by atoms with Crippen LogP contribution in [0.15, 0.2) is 36.5 Å². The zero-order valence-electron chi connectivity index (χ0n) is 25.4. The van der Waals surface area contributed by atoms with Gasteiger partial charge < -0.3 is 25.2 Å². The van der Waals surface area contributed by atoms with Gasteiger partial charge in [0.05, 0.1) is 11.5 Å². The summed E-state index contributed by atoms with van der Waals surface area (Å²) in [7, 11) is 0. The first-order valence-electron chi connectivity index (χ1n) is 14.6. The van der Waals surface area contributed by atoms with E-state index in [0.29, 0.717) is 50.3 Å². The predicted octanol–water partition coefficient (Wildman–Crippen LogP) is 4.28. The van der Waals surface area contributed by atoms with Gasteiger partial charge in [-0.3, -0.25) is 14.4 Å². The molecule has 5 rings (SSSR count). The van der Waals surface area contributed by atoms with E-state index >= 15 is 0 Å². The maximum Gasteiger partial charge on any atom is 0.410 e. The number of hydrogen-bond donors (Lipinski definition) is 2. The topological polar surface area (TPSA) is 121 Å². The van der Waals surface area contributed by atoms with E-state index in [1.54, 1.807) is 16.0 Å². The second kappa shape index (κ2) is 10.7. The molecule has 4 amide bonds. The molecule has 1 aromatic carbocycles. The monoisotopic (exact) mass is 575 g/mol. The molecule has 42 heavy (non-hydrogen) atoms. The number of nitrogens with one attached hydrogen (secondary N) is 2. The number of likely N-dealkylation sites (tertiary alicyclic amines) is 1. The van der Waals surface area contributed by atoms with E-state index in [2.05, 4.69) is 15.6 Å². The number of fused-ring (bicyclic) bond motifs is 3. The third kappa shape index (κ3) is 5.84. The first-order chi connectivity index (χ1) is 19.7. The van der Waals surface area contributed by atoms with Crippen molar-refractivity contribution < 1.29 is 23.9 Å². The van der Waals surface area contributed by atoms with Crippen LogP contribution in [0.1, 0.15) is 71.1 Å². The van der Waals surface area contributed by atoms with Gasteiger partial charge in [0.25, 0.3) is 0 Å². The smallest absolute Gasteiger partial charge is 0.410 e. The van der Waals surface area contributed by atoms with Crippen LogP contribution in [0.5, 0.6) is 0 Å². The Balaban J connectivity index is 1.30.